The molecule has 0 aromatic heterocycles. The van der Waals surface area contributed by atoms with Crippen molar-refractivity contribution < 1.29 is 33.6 Å². The molecule has 2 heterocycles. The Morgan fingerprint density at radius 2 is 1.87 bits per heavy atom. The van der Waals surface area contributed by atoms with Crippen molar-refractivity contribution in [1.29, 1.82) is 0 Å². The zero-order valence-corrected chi connectivity index (χ0v) is 30.1. The molecule has 3 rings (SSSR count). The molecule has 0 radical (unpaired) electrons. The maximum Gasteiger partial charge on any atom is 0.229 e. The number of benzene rings is 1. The second-order valence-corrected chi connectivity index (χ2v) is 15.1. The highest BCUT2D eigenvalue weighted by Crippen LogP contribution is 2.50. The Morgan fingerprint density at radius 1 is 1.13 bits per heavy atom. The first-order chi connectivity index (χ1) is 21.5. The number of aliphatic hydroxyl groups is 1. The van der Waals surface area contributed by atoms with Crippen molar-refractivity contribution in [3.8, 4) is 5.75 Å². The quantitative estimate of drug-likeness (QED) is 0.183. The minimum absolute atomic E-state index is 0.0837. The molecule has 1 aromatic rings. The summed E-state index contributed by atoms with van der Waals surface area (Å²) in [5.41, 5.74) is 3.32. The second kappa shape index (κ2) is 18.7. The van der Waals surface area contributed by atoms with Crippen LogP contribution in [0.2, 0.25) is 5.02 Å². The number of carbonyl (C=O) groups excluding carboxylic acids is 1. The number of halogens is 1. The molecule has 45 heavy (non-hydrogen) atoms. The number of rotatable bonds is 8. The van der Waals surface area contributed by atoms with Crippen molar-refractivity contribution in [2.75, 3.05) is 64.8 Å². The number of ether oxygens (including phenoxy) is 5. The van der Waals surface area contributed by atoms with Crippen LogP contribution in [-0.2, 0) is 30.2 Å². The van der Waals surface area contributed by atoms with E-state index in [1.807, 2.05) is 48.7 Å². The summed E-state index contributed by atoms with van der Waals surface area (Å²) in [6, 6.07) is 3.81. The van der Waals surface area contributed by atoms with Crippen LogP contribution in [0.25, 0.3) is 0 Å². The number of allylic oxidation sites excluding steroid dienone is 3. The molecular weight excluding hydrogens is 634 g/mol. The highest BCUT2D eigenvalue weighted by Gasteiger charge is 2.44. The van der Waals surface area contributed by atoms with Crippen molar-refractivity contribution in [3.63, 3.8) is 0 Å². The fourth-order valence-electron chi connectivity index (χ4n) is 5.47. The van der Waals surface area contributed by atoms with E-state index in [2.05, 4.69) is 32.1 Å². The molecule has 1 fully saturated rings. The van der Waals surface area contributed by atoms with Crippen LogP contribution < -0.4 is 9.64 Å². The van der Waals surface area contributed by atoms with E-state index in [9.17, 15) is 9.90 Å². The van der Waals surface area contributed by atoms with Gasteiger partial charge in [-0.05, 0) is 61.5 Å². The summed E-state index contributed by atoms with van der Waals surface area (Å²) in [6.45, 7) is 7.06. The average molecular weight is 684 g/mol. The number of nitrogens with zero attached hydrogens (tertiary/aromatic N) is 1. The van der Waals surface area contributed by atoms with Gasteiger partial charge in [-0.2, -0.15) is 0 Å². The van der Waals surface area contributed by atoms with Gasteiger partial charge in [0.05, 0.1) is 54.8 Å². The molecule has 0 aliphatic carbocycles. The predicted octanol–water partition coefficient (Wildman–Crippen LogP) is 6.68. The van der Waals surface area contributed by atoms with Crippen molar-refractivity contribution in [3.05, 3.63) is 58.2 Å². The number of amides is 1. The summed E-state index contributed by atoms with van der Waals surface area (Å²) in [5.74, 6) is 2.22. The first-order valence-corrected chi connectivity index (χ1v) is 17.7. The number of anilines is 1. The fourth-order valence-corrected chi connectivity index (χ4v) is 9.31. The lowest BCUT2D eigenvalue weighted by Gasteiger charge is -2.43. The van der Waals surface area contributed by atoms with Crippen LogP contribution in [0.5, 0.6) is 5.75 Å². The van der Waals surface area contributed by atoms with E-state index in [0.29, 0.717) is 48.1 Å². The summed E-state index contributed by atoms with van der Waals surface area (Å²) in [6.07, 6.45) is 9.34. The van der Waals surface area contributed by atoms with E-state index in [-0.39, 0.29) is 41.3 Å². The Bertz CT molecular complexity index is 1200. The van der Waals surface area contributed by atoms with Gasteiger partial charge in [-0.1, -0.05) is 48.4 Å². The summed E-state index contributed by atoms with van der Waals surface area (Å²) < 4.78 is 28.7. The summed E-state index contributed by atoms with van der Waals surface area (Å²) in [7, 11) is 6.64. The summed E-state index contributed by atoms with van der Waals surface area (Å²) in [5, 5.41) is 11.5. The van der Waals surface area contributed by atoms with Crippen LogP contribution in [0.4, 0.5) is 5.69 Å². The minimum Gasteiger partial charge on any atom is -0.495 e. The maximum absolute atomic E-state index is 13.4. The molecule has 252 valence electrons. The smallest absolute Gasteiger partial charge is 0.229 e. The fraction of sp³-hybridized carbons (Fsp3) is 0.618. The Hall–Kier alpha value is -1.50. The Morgan fingerprint density at radius 3 is 2.53 bits per heavy atom. The molecule has 1 unspecified atom stereocenters. The molecule has 4 atom stereocenters. The molecule has 1 amide bonds. The zero-order chi connectivity index (χ0) is 33.0. The number of thioether (sulfide) groups is 2. The van der Waals surface area contributed by atoms with E-state index < -0.39 is 6.10 Å². The zero-order valence-electron chi connectivity index (χ0n) is 27.7. The van der Waals surface area contributed by atoms with Crippen molar-refractivity contribution in [1.82, 2.24) is 0 Å². The molecule has 1 spiro atoms. The van der Waals surface area contributed by atoms with Gasteiger partial charge >= 0.3 is 0 Å². The number of hydrogen-bond acceptors (Lipinski definition) is 9. The largest absolute Gasteiger partial charge is 0.495 e. The van der Waals surface area contributed by atoms with E-state index in [4.69, 9.17) is 35.3 Å². The topological polar surface area (TPSA) is 86.7 Å². The van der Waals surface area contributed by atoms with E-state index in [1.165, 1.54) is 4.90 Å². The molecule has 11 heteroatoms. The first-order valence-electron chi connectivity index (χ1n) is 15.4. The van der Waals surface area contributed by atoms with E-state index >= 15 is 0 Å². The molecular formula is C34H50ClNO7S2. The Balaban J connectivity index is 2.06. The second-order valence-electron chi connectivity index (χ2n) is 11.6. The molecule has 2 aliphatic heterocycles. The van der Waals surface area contributed by atoms with E-state index in [1.54, 1.807) is 28.4 Å². The van der Waals surface area contributed by atoms with Crippen LogP contribution >= 0.6 is 35.1 Å². The molecule has 2 bridgehead atoms. The number of aliphatic hydroxyl groups excluding tert-OH is 1. The molecule has 1 N–H and O–H groups in total. The van der Waals surface area contributed by atoms with Crippen molar-refractivity contribution in [2.45, 2.75) is 68.8 Å². The summed E-state index contributed by atoms with van der Waals surface area (Å²) in [4.78, 5) is 14.9. The maximum atomic E-state index is 13.4. The third kappa shape index (κ3) is 10.8. The van der Waals surface area contributed by atoms with Crippen LogP contribution in [0.3, 0.4) is 0 Å². The van der Waals surface area contributed by atoms with Gasteiger partial charge in [-0.15, -0.1) is 23.5 Å². The molecule has 1 aromatic carbocycles. The van der Waals surface area contributed by atoms with Gasteiger partial charge in [0, 0.05) is 33.6 Å². The van der Waals surface area contributed by atoms with Gasteiger partial charge in [0.15, 0.2) is 0 Å². The lowest BCUT2D eigenvalue weighted by atomic mass is 9.93. The van der Waals surface area contributed by atoms with Crippen LogP contribution in [0.1, 0.15) is 45.6 Å². The van der Waals surface area contributed by atoms with Crippen LogP contribution in [0.15, 0.2) is 47.6 Å². The molecule has 8 nitrogen and oxygen atoms in total. The first kappa shape index (κ1) is 38.0. The number of hydrogen-bond donors (Lipinski definition) is 1. The van der Waals surface area contributed by atoms with Gasteiger partial charge in [0.2, 0.25) is 5.91 Å². The third-order valence-corrected chi connectivity index (χ3v) is 12.0. The number of methoxy groups -OCH3 is 3. The van der Waals surface area contributed by atoms with Crippen LogP contribution in [0, 0.1) is 5.92 Å². The van der Waals surface area contributed by atoms with Crippen LogP contribution in [-0.4, -0.2) is 93.3 Å². The minimum atomic E-state index is -0.973. The predicted molar refractivity (Wildman–Crippen MR) is 187 cm³/mol. The summed E-state index contributed by atoms with van der Waals surface area (Å²) >= 11 is 10.5. The van der Waals surface area contributed by atoms with Gasteiger partial charge in [-0.3, -0.25) is 4.79 Å². The Labute approximate surface area is 282 Å². The highest BCUT2D eigenvalue weighted by atomic mass is 35.5. The molecule has 0 saturated carbocycles. The highest BCUT2D eigenvalue weighted by molar-refractivity contribution is 8.18. The molecule has 2 aliphatic rings. The lowest BCUT2D eigenvalue weighted by molar-refractivity contribution is -0.119. The standard InChI is InChI=1S/C34H50ClNO7S2/c1-23-10-8-11-31(41-7)34(44-14-9-15-45-34)21-30(43-22-42-13-12-39-5)25(3)17-24(2)28(37)20-32(38)36(4)27-18-26(16-23)19-29(40-6)33(27)35/h8,10-11,17-19,25,28,30-31,37H,9,12-16,20-22H2,1-7H3/b11-8+,23-10+,24-17+/t25-,28?,30-,31+/m0/s1. The van der Waals surface area contributed by atoms with Gasteiger partial charge < -0.3 is 33.7 Å². The Kier molecular flexibility index (Phi) is 15.8. The normalized spacial score (nSPS) is 28.3. The monoisotopic (exact) mass is 683 g/mol. The van der Waals surface area contributed by atoms with Crippen molar-refractivity contribution >= 4 is 46.7 Å². The number of carbonyl (C=O) groups is 1. The third-order valence-electron chi connectivity index (χ3n) is 8.14. The van der Waals surface area contributed by atoms with Crippen molar-refractivity contribution in [2.24, 2.45) is 5.92 Å². The van der Waals surface area contributed by atoms with E-state index in [0.717, 1.165) is 29.1 Å². The SMILES string of the molecule is COCCOCO[C@H]1CC2(SCCCS2)[C@H](OC)/C=C/C=C(\C)Cc2cc(OC)c(Cl)c(c2)N(C)C(=O)CC(O)/C(C)=C/[C@@H]1C. The number of fused-ring (bicyclic) bond motifs is 2. The van der Waals surface area contributed by atoms with Gasteiger partial charge in [0.1, 0.15) is 17.6 Å². The van der Waals surface area contributed by atoms with Gasteiger partial charge in [0.25, 0.3) is 0 Å². The lowest BCUT2D eigenvalue weighted by Crippen LogP contribution is -2.43. The van der Waals surface area contributed by atoms with Gasteiger partial charge in [-0.25, -0.2) is 0 Å². The average Bonchev–Trinajstić information content (AvgIpc) is 3.02. The molecule has 1 saturated heterocycles.